The van der Waals surface area contributed by atoms with Crippen LogP contribution in [0.15, 0.2) is 53.4 Å². The largest absolute Gasteiger partial charge is 0.373 e. The molecule has 0 saturated carbocycles. The molecule has 0 aromatic heterocycles. The van der Waals surface area contributed by atoms with Crippen LogP contribution >= 0.6 is 0 Å². The van der Waals surface area contributed by atoms with Crippen LogP contribution < -0.4 is 5.32 Å². The minimum atomic E-state index is -3.71. The molecule has 1 amide bonds. The zero-order valence-corrected chi connectivity index (χ0v) is 18.1. The highest BCUT2D eigenvalue weighted by Crippen LogP contribution is 2.25. The Labute approximate surface area is 172 Å². The predicted molar refractivity (Wildman–Crippen MR) is 114 cm³/mol. The molecule has 29 heavy (non-hydrogen) atoms. The number of anilines is 1. The summed E-state index contributed by atoms with van der Waals surface area (Å²) in [4.78, 5) is 12.9. The molecular formula is C22H28N2O4S. The van der Waals surface area contributed by atoms with Crippen molar-refractivity contribution >= 4 is 21.6 Å². The Morgan fingerprint density at radius 3 is 2.38 bits per heavy atom. The van der Waals surface area contributed by atoms with Crippen LogP contribution in [0.2, 0.25) is 0 Å². The lowest BCUT2D eigenvalue weighted by Gasteiger charge is -2.34. The third kappa shape index (κ3) is 4.86. The molecular weight excluding hydrogens is 388 g/mol. The van der Waals surface area contributed by atoms with Crippen molar-refractivity contribution in [1.29, 1.82) is 0 Å². The number of nitrogens with one attached hydrogen (secondary N) is 1. The van der Waals surface area contributed by atoms with E-state index >= 15 is 0 Å². The first kappa shape index (κ1) is 21.5. The number of hydrogen-bond acceptors (Lipinski definition) is 4. The Morgan fingerprint density at radius 2 is 1.72 bits per heavy atom. The van der Waals surface area contributed by atoms with Crippen LogP contribution in [0.1, 0.15) is 49.5 Å². The molecule has 0 radical (unpaired) electrons. The first-order valence-electron chi connectivity index (χ1n) is 9.84. The van der Waals surface area contributed by atoms with Crippen molar-refractivity contribution in [2.45, 2.75) is 50.7 Å². The Balaban J connectivity index is 1.85. The molecule has 2 atom stereocenters. The van der Waals surface area contributed by atoms with Gasteiger partial charge in [-0.15, -0.1) is 0 Å². The smallest absolute Gasteiger partial charge is 0.255 e. The molecule has 1 aliphatic heterocycles. The summed E-state index contributed by atoms with van der Waals surface area (Å²) in [5.41, 5.74) is 2.07. The summed E-state index contributed by atoms with van der Waals surface area (Å²) in [5.74, 6) is -0.0811. The normalized spacial score (nSPS) is 20.6. The van der Waals surface area contributed by atoms with E-state index in [4.69, 9.17) is 4.74 Å². The van der Waals surface area contributed by atoms with Gasteiger partial charge in [-0.2, -0.15) is 4.31 Å². The molecule has 156 valence electrons. The average molecular weight is 417 g/mol. The fourth-order valence-corrected chi connectivity index (χ4v) is 5.22. The highest BCUT2D eigenvalue weighted by molar-refractivity contribution is 7.89. The lowest BCUT2D eigenvalue weighted by Crippen LogP contribution is -2.48. The van der Waals surface area contributed by atoms with Crippen LogP contribution in [0.5, 0.6) is 0 Å². The van der Waals surface area contributed by atoms with E-state index in [2.05, 4.69) is 19.2 Å². The van der Waals surface area contributed by atoms with Gasteiger partial charge in [-0.05, 0) is 49.6 Å². The molecule has 2 aromatic carbocycles. The number of ether oxygens (including phenoxy) is 1. The van der Waals surface area contributed by atoms with Gasteiger partial charge in [0, 0.05) is 24.3 Å². The molecule has 0 unspecified atom stereocenters. The van der Waals surface area contributed by atoms with Crippen LogP contribution in [0.3, 0.4) is 0 Å². The lowest BCUT2D eigenvalue weighted by atomic mass is 10.0. The molecule has 0 spiro atoms. The molecule has 1 saturated heterocycles. The molecule has 1 heterocycles. The van der Waals surface area contributed by atoms with Crippen molar-refractivity contribution in [3.05, 3.63) is 59.7 Å². The van der Waals surface area contributed by atoms with E-state index in [1.54, 1.807) is 12.1 Å². The number of carbonyl (C=O) groups excluding carboxylic acids is 1. The number of nitrogens with zero attached hydrogens (tertiary/aromatic N) is 1. The molecule has 7 heteroatoms. The highest BCUT2D eigenvalue weighted by atomic mass is 32.2. The number of carbonyl (C=O) groups is 1. The zero-order chi connectivity index (χ0) is 21.2. The second-order valence-corrected chi connectivity index (χ2v) is 9.74. The zero-order valence-electron chi connectivity index (χ0n) is 17.3. The van der Waals surface area contributed by atoms with Gasteiger partial charge in [0.1, 0.15) is 0 Å². The topological polar surface area (TPSA) is 75.7 Å². The van der Waals surface area contributed by atoms with Crippen LogP contribution in [-0.4, -0.2) is 43.9 Å². The molecule has 1 aliphatic rings. The maximum atomic E-state index is 13.1. The number of morpholine rings is 1. The van der Waals surface area contributed by atoms with Gasteiger partial charge >= 0.3 is 0 Å². The van der Waals surface area contributed by atoms with Crippen LogP contribution in [0.4, 0.5) is 5.69 Å². The maximum Gasteiger partial charge on any atom is 0.255 e. The molecule has 0 bridgehead atoms. The van der Waals surface area contributed by atoms with E-state index in [0.717, 1.165) is 11.3 Å². The summed E-state index contributed by atoms with van der Waals surface area (Å²) in [6, 6.07) is 13.8. The monoisotopic (exact) mass is 416 g/mol. The van der Waals surface area contributed by atoms with Crippen LogP contribution in [-0.2, 0) is 14.8 Å². The van der Waals surface area contributed by atoms with Gasteiger partial charge in [0.05, 0.1) is 17.1 Å². The second kappa shape index (κ2) is 8.65. The summed E-state index contributed by atoms with van der Waals surface area (Å²) >= 11 is 0. The fourth-order valence-electron chi connectivity index (χ4n) is 3.58. The van der Waals surface area contributed by atoms with E-state index in [0.29, 0.717) is 18.7 Å². The van der Waals surface area contributed by atoms with Gasteiger partial charge in [0.2, 0.25) is 10.0 Å². The van der Waals surface area contributed by atoms with Crippen molar-refractivity contribution in [3.8, 4) is 0 Å². The second-order valence-electron chi connectivity index (χ2n) is 7.80. The summed E-state index contributed by atoms with van der Waals surface area (Å²) in [5, 5.41) is 2.91. The van der Waals surface area contributed by atoms with Crippen molar-refractivity contribution in [3.63, 3.8) is 0 Å². The lowest BCUT2D eigenvalue weighted by molar-refractivity contribution is -0.0440. The summed E-state index contributed by atoms with van der Waals surface area (Å²) < 4.78 is 33.3. The van der Waals surface area contributed by atoms with Gasteiger partial charge in [0.25, 0.3) is 5.91 Å². The van der Waals surface area contributed by atoms with Crippen molar-refractivity contribution < 1.29 is 17.9 Å². The number of rotatable bonds is 5. The first-order valence-corrected chi connectivity index (χ1v) is 11.3. The Bertz CT molecular complexity index is 978. The minimum Gasteiger partial charge on any atom is -0.373 e. The molecule has 6 nitrogen and oxygen atoms in total. The van der Waals surface area contributed by atoms with Crippen molar-refractivity contribution in [1.82, 2.24) is 4.31 Å². The first-order chi connectivity index (χ1) is 13.7. The summed E-state index contributed by atoms with van der Waals surface area (Å²) in [6.45, 7) is 8.42. The number of para-hydroxylation sites is 1. The van der Waals surface area contributed by atoms with Crippen LogP contribution in [0, 0.1) is 0 Å². The standard InChI is InChI=1S/C22H28N2O4S/c1-15(2)20-10-5-6-11-21(20)23-22(25)18-8-7-9-19(12-18)29(26,27)24-13-16(3)28-17(4)14-24/h5-12,15-17H,13-14H2,1-4H3,(H,23,25)/t16-,17-/m1/s1. The number of amides is 1. The average Bonchev–Trinajstić information content (AvgIpc) is 2.67. The Morgan fingerprint density at radius 1 is 1.07 bits per heavy atom. The number of sulfonamides is 1. The maximum absolute atomic E-state index is 13.1. The third-order valence-corrected chi connectivity index (χ3v) is 6.78. The molecule has 1 fully saturated rings. The van der Waals surface area contributed by atoms with Gasteiger partial charge in [-0.1, -0.05) is 38.1 Å². The Kier molecular flexibility index (Phi) is 6.41. The summed E-state index contributed by atoms with van der Waals surface area (Å²) in [6.07, 6.45) is -0.347. The number of benzene rings is 2. The van der Waals surface area contributed by atoms with Crippen molar-refractivity contribution in [2.75, 3.05) is 18.4 Å². The predicted octanol–water partition coefficient (Wildman–Crippen LogP) is 3.86. The fraction of sp³-hybridized carbons (Fsp3) is 0.409. The van der Waals surface area contributed by atoms with Gasteiger partial charge < -0.3 is 10.1 Å². The molecule has 1 N–H and O–H groups in total. The Hall–Kier alpha value is -2.22. The SMILES string of the molecule is CC(C)c1ccccc1NC(=O)c1cccc(S(=O)(=O)N2C[C@@H](C)O[C@H](C)C2)c1. The van der Waals surface area contributed by atoms with E-state index in [1.807, 2.05) is 38.1 Å². The van der Waals surface area contributed by atoms with E-state index in [-0.39, 0.29) is 28.9 Å². The quantitative estimate of drug-likeness (QED) is 0.803. The molecule has 0 aliphatic carbocycles. The van der Waals surface area contributed by atoms with Crippen molar-refractivity contribution in [2.24, 2.45) is 0 Å². The van der Waals surface area contributed by atoms with E-state index in [9.17, 15) is 13.2 Å². The number of hydrogen-bond donors (Lipinski definition) is 1. The summed E-state index contributed by atoms with van der Waals surface area (Å²) in [7, 11) is -3.71. The van der Waals surface area contributed by atoms with Gasteiger partial charge in [-0.3, -0.25) is 4.79 Å². The highest BCUT2D eigenvalue weighted by Gasteiger charge is 2.32. The van der Waals surface area contributed by atoms with E-state index in [1.165, 1.54) is 16.4 Å². The van der Waals surface area contributed by atoms with E-state index < -0.39 is 10.0 Å². The molecule has 2 aromatic rings. The third-order valence-electron chi connectivity index (χ3n) is 4.95. The minimum absolute atomic E-state index is 0.114. The molecule has 3 rings (SSSR count). The van der Waals surface area contributed by atoms with Gasteiger partial charge in [0.15, 0.2) is 0 Å². The van der Waals surface area contributed by atoms with Gasteiger partial charge in [-0.25, -0.2) is 8.42 Å². The van der Waals surface area contributed by atoms with Crippen LogP contribution in [0.25, 0.3) is 0 Å².